The molecule has 20 heavy (non-hydrogen) atoms. The van der Waals surface area contributed by atoms with Gasteiger partial charge in [-0.2, -0.15) is 0 Å². The van der Waals surface area contributed by atoms with Crippen molar-refractivity contribution in [3.63, 3.8) is 0 Å². The van der Waals surface area contributed by atoms with E-state index in [4.69, 9.17) is 21.1 Å². The molecule has 0 saturated heterocycles. The maximum absolute atomic E-state index is 11.9. The molecule has 1 aromatic carbocycles. The molecule has 1 saturated carbocycles. The molecule has 0 bridgehead atoms. The number of benzene rings is 1. The highest BCUT2D eigenvalue weighted by Crippen LogP contribution is 2.36. The van der Waals surface area contributed by atoms with Gasteiger partial charge in [0, 0.05) is 18.7 Å². The number of hydrogen-bond acceptors (Lipinski definition) is 4. The van der Waals surface area contributed by atoms with Crippen LogP contribution in [0.1, 0.15) is 23.2 Å². The number of carbonyl (C=O) groups excluding carboxylic acids is 2. The van der Waals surface area contributed by atoms with Crippen molar-refractivity contribution in [2.45, 2.75) is 18.9 Å². The second-order valence-corrected chi connectivity index (χ2v) is 5.08. The fraction of sp³-hybridized carbons (Fsp3) is 0.429. The number of carbonyl (C=O) groups is 2. The topological polar surface area (TPSA) is 55.8 Å². The normalized spacial score (nSPS) is 13.8. The molecule has 0 radical (unpaired) electrons. The van der Waals surface area contributed by atoms with Gasteiger partial charge in [0.15, 0.2) is 18.1 Å². The van der Waals surface area contributed by atoms with Gasteiger partial charge in [-0.15, -0.1) is 0 Å². The molecule has 1 aromatic rings. The van der Waals surface area contributed by atoms with E-state index in [2.05, 4.69) is 0 Å². The zero-order chi connectivity index (χ0) is 14.7. The first-order valence-electron chi connectivity index (χ1n) is 6.28. The van der Waals surface area contributed by atoms with E-state index in [1.165, 1.54) is 19.2 Å². The predicted octanol–water partition coefficient (Wildman–Crippen LogP) is 2.16. The van der Waals surface area contributed by atoms with Crippen molar-refractivity contribution in [3.05, 3.63) is 22.7 Å². The summed E-state index contributed by atoms with van der Waals surface area (Å²) in [5.41, 5.74) is 0.389. The summed E-state index contributed by atoms with van der Waals surface area (Å²) in [5, 5.41) is 0.244. The first-order valence-corrected chi connectivity index (χ1v) is 6.65. The van der Waals surface area contributed by atoms with Crippen molar-refractivity contribution in [2.75, 3.05) is 20.8 Å². The average molecular weight is 298 g/mol. The first kappa shape index (κ1) is 14.7. The number of aldehydes is 1. The molecule has 1 aliphatic rings. The minimum absolute atomic E-state index is 0.106. The van der Waals surface area contributed by atoms with Gasteiger partial charge >= 0.3 is 0 Å². The van der Waals surface area contributed by atoms with Gasteiger partial charge < -0.3 is 14.4 Å². The third kappa shape index (κ3) is 3.22. The second kappa shape index (κ2) is 6.13. The quantitative estimate of drug-likeness (QED) is 0.755. The maximum Gasteiger partial charge on any atom is 0.260 e. The molecule has 0 unspecified atom stereocenters. The van der Waals surface area contributed by atoms with E-state index in [9.17, 15) is 9.59 Å². The monoisotopic (exact) mass is 297 g/mol. The van der Waals surface area contributed by atoms with Crippen LogP contribution in [0.5, 0.6) is 11.5 Å². The summed E-state index contributed by atoms with van der Waals surface area (Å²) < 4.78 is 10.6. The molecule has 0 aliphatic heterocycles. The summed E-state index contributed by atoms with van der Waals surface area (Å²) in [5.74, 6) is 0.504. The zero-order valence-corrected chi connectivity index (χ0v) is 12.1. The van der Waals surface area contributed by atoms with Gasteiger partial charge in [0.25, 0.3) is 5.91 Å². The smallest absolute Gasteiger partial charge is 0.260 e. The number of halogens is 1. The van der Waals surface area contributed by atoms with Crippen molar-refractivity contribution in [1.29, 1.82) is 0 Å². The van der Waals surface area contributed by atoms with Crippen LogP contribution in [0.4, 0.5) is 0 Å². The lowest BCUT2D eigenvalue weighted by atomic mass is 10.2. The van der Waals surface area contributed by atoms with Crippen LogP contribution in [-0.4, -0.2) is 43.9 Å². The Labute approximate surface area is 122 Å². The molecule has 0 aromatic heterocycles. The van der Waals surface area contributed by atoms with E-state index in [0.29, 0.717) is 23.6 Å². The van der Waals surface area contributed by atoms with Crippen molar-refractivity contribution in [1.82, 2.24) is 4.90 Å². The SMILES string of the molecule is COc1cc(C=O)cc(Cl)c1OCC(=O)N(C)C1CC1. The van der Waals surface area contributed by atoms with Gasteiger partial charge in [0.05, 0.1) is 12.1 Å². The Bertz CT molecular complexity index is 528. The fourth-order valence-corrected chi connectivity index (χ4v) is 2.12. The molecule has 0 atom stereocenters. The standard InChI is InChI=1S/C14H16ClNO4/c1-16(10-3-4-10)13(18)8-20-14-11(15)5-9(7-17)6-12(14)19-2/h5-7,10H,3-4,8H2,1-2H3. The number of likely N-dealkylation sites (N-methyl/N-ethyl adjacent to an activating group) is 1. The maximum atomic E-state index is 11.9. The number of rotatable bonds is 6. The molecule has 0 spiro atoms. The largest absolute Gasteiger partial charge is 0.493 e. The summed E-state index contributed by atoms with van der Waals surface area (Å²) in [6, 6.07) is 3.33. The Hall–Kier alpha value is -1.75. The fourth-order valence-electron chi connectivity index (χ4n) is 1.85. The molecular formula is C14H16ClNO4. The molecule has 108 valence electrons. The predicted molar refractivity (Wildman–Crippen MR) is 74.7 cm³/mol. The Balaban J connectivity index is 2.08. The summed E-state index contributed by atoms with van der Waals surface area (Å²) >= 11 is 6.04. The van der Waals surface area contributed by atoms with Crippen molar-refractivity contribution in [2.24, 2.45) is 0 Å². The van der Waals surface area contributed by atoms with Gasteiger partial charge in [-0.05, 0) is 25.0 Å². The molecule has 1 fully saturated rings. The highest BCUT2D eigenvalue weighted by Gasteiger charge is 2.29. The van der Waals surface area contributed by atoms with E-state index in [1.807, 2.05) is 0 Å². The van der Waals surface area contributed by atoms with E-state index in [1.54, 1.807) is 11.9 Å². The van der Waals surface area contributed by atoms with E-state index in [-0.39, 0.29) is 23.3 Å². The third-order valence-corrected chi connectivity index (χ3v) is 3.50. The molecule has 5 nitrogen and oxygen atoms in total. The van der Waals surface area contributed by atoms with Gasteiger partial charge in [-0.25, -0.2) is 0 Å². The summed E-state index contributed by atoms with van der Waals surface area (Å²) in [6.07, 6.45) is 2.75. The first-order chi connectivity index (χ1) is 9.56. The lowest BCUT2D eigenvalue weighted by molar-refractivity contribution is -0.132. The summed E-state index contributed by atoms with van der Waals surface area (Å²) in [4.78, 5) is 24.3. The second-order valence-electron chi connectivity index (χ2n) is 4.68. The lowest BCUT2D eigenvalue weighted by Gasteiger charge is -2.18. The van der Waals surface area contributed by atoms with Crippen LogP contribution in [0.25, 0.3) is 0 Å². The van der Waals surface area contributed by atoms with Crippen LogP contribution in [0, 0.1) is 0 Å². The molecule has 6 heteroatoms. The van der Waals surface area contributed by atoms with Crippen molar-refractivity contribution in [3.8, 4) is 11.5 Å². The summed E-state index contributed by atoms with van der Waals surface area (Å²) in [6.45, 7) is -0.108. The molecule has 1 aliphatic carbocycles. The Kier molecular flexibility index (Phi) is 4.49. The third-order valence-electron chi connectivity index (χ3n) is 3.22. The number of methoxy groups -OCH3 is 1. The minimum Gasteiger partial charge on any atom is -0.493 e. The Morgan fingerprint density at radius 3 is 2.75 bits per heavy atom. The van der Waals surface area contributed by atoms with Crippen molar-refractivity contribution >= 4 is 23.8 Å². The minimum atomic E-state index is -0.108. The number of amides is 1. The molecular weight excluding hydrogens is 282 g/mol. The van der Waals surface area contributed by atoms with Crippen molar-refractivity contribution < 1.29 is 19.1 Å². The van der Waals surface area contributed by atoms with Gasteiger partial charge in [-0.3, -0.25) is 9.59 Å². The van der Waals surface area contributed by atoms with Crippen LogP contribution in [-0.2, 0) is 4.79 Å². The number of nitrogens with zero attached hydrogens (tertiary/aromatic N) is 1. The molecule has 0 N–H and O–H groups in total. The molecule has 1 amide bonds. The van der Waals surface area contributed by atoms with E-state index in [0.717, 1.165) is 12.8 Å². The van der Waals surface area contributed by atoms with Crippen LogP contribution >= 0.6 is 11.6 Å². The molecule has 2 rings (SSSR count). The number of ether oxygens (including phenoxy) is 2. The zero-order valence-electron chi connectivity index (χ0n) is 11.4. The van der Waals surface area contributed by atoms with Gasteiger partial charge in [0.1, 0.15) is 6.29 Å². The van der Waals surface area contributed by atoms with E-state index < -0.39 is 0 Å². The Morgan fingerprint density at radius 2 is 2.20 bits per heavy atom. The highest BCUT2D eigenvalue weighted by atomic mass is 35.5. The van der Waals surface area contributed by atoms with Gasteiger partial charge in [-0.1, -0.05) is 11.6 Å². The molecule has 0 heterocycles. The Morgan fingerprint density at radius 1 is 1.50 bits per heavy atom. The average Bonchev–Trinajstić information content (AvgIpc) is 3.28. The van der Waals surface area contributed by atoms with Crippen LogP contribution in [0.15, 0.2) is 12.1 Å². The van der Waals surface area contributed by atoms with E-state index >= 15 is 0 Å². The van der Waals surface area contributed by atoms with Gasteiger partial charge in [0.2, 0.25) is 0 Å². The van der Waals surface area contributed by atoms with Crippen LogP contribution in [0.2, 0.25) is 5.02 Å². The van der Waals surface area contributed by atoms with Crippen LogP contribution in [0.3, 0.4) is 0 Å². The lowest BCUT2D eigenvalue weighted by Crippen LogP contribution is -2.33. The van der Waals surface area contributed by atoms with Crippen LogP contribution < -0.4 is 9.47 Å². The summed E-state index contributed by atoms with van der Waals surface area (Å²) in [7, 11) is 3.21. The number of hydrogen-bond donors (Lipinski definition) is 0. The highest BCUT2D eigenvalue weighted by molar-refractivity contribution is 6.32.